The van der Waals surface area contributed by atoms with E-state index in [1.165, 1.54) is 37.1 Å². The van der Waals surface area contributed by atoms with Crippen molar-refractivity contribution in [2.24, 2.45) is 5.92 Å². The Labute approximate surface area is 116 Å². The van der Waals surface area contributed by atoms with Gasteiger partial charge in [-0.05, 0) is 57.7 Å². The SMILES string of the molecule is CC(C1CC1)N(C)Cc1cccc(CNC2CC2)n1. The number of hydrogen-bond donors (Lipinski definition) is 1. The number of rotatable bonds is 7. The first-order chi connectivity index (χ1) is 9.22. The van der Waals surface area contributed by atoms with Crippen LogP contribution in [0.1, 0.15) is 44.0 Å². The lowest BCUT2D eigenvalue weighted by Gasteiger charge is -2.24. The second-order valence-electron chi connectivity index (χ2n) is 6.27. The van der Waals surface area contributed by atoms with Crippen LogP contribution in [0.2, 0.25) is 0 Å². The molecular weight excluding hydrogens is 234 g/mol. The number of nitrogens with zero attached hydrogens (tertiary/aromatic N) is 2. The summed E-state index contributed by atoms with van der Waals surface area (Å²) in [6.07, 6.45) is 5.48. The number of hydrogen-bond acceptors (Lipinski definition) is 3. The average Bonchev–Trinajstić information content (AvgIpc) is 3.29. The highest BCUT2D eigenvalue weighted by Gasteiger charge is 2.30. The number of pyridine rings is 1. The molecule has 104 valence electrons. The fourth-order valence-electron chi connectivity index (χ4n) is 2.59. The summed E-state index contributed by atoms with van der Waals surface area (Å²) in [5.74, 6) is 0.921. The van der Waals surface area contributed by atoms with Gasteiger partial charge < -0.3 is 5.32 Å². The summed E-state index contributed by atoms with van der Waals surface area (Å²) in [6, 6.07) is 7.86. The molecule has 2 aliphatic rings. The van der Waals surface area contributed by atoms with Crippen LogP contribution in [0.5, 0.6) is 0 Å². The van der Waals surface area contributed by atoms with Gasteiger partial charge in [-0.15, -0.1) is 0 Å². The smallest absolute Gasteiger partial charge is 0.0547 e. The Kier molecular flexibility index (Phi) is 3.85. The lowest BCUT2D eigenvalue weighted by Crippen LogP contribution is -2.30. The van der Waals surface area contributed by atoms with E-state index in [9.17, 15) is 0 Å². The molecule has 2 fully saturated rings. The second-order valence-corrected chi connectivity index (χ2v) is 6.27. The molecule has 0 saturated heterocycles. The van der Waals surface area contributed by atoms with Crippen LogP contribution in [0, 0.1) is 5.92 Å². The van der Waals surface area contributed by atoms with Crippen molar-refractivity contribution in [3.63, 3.8) is 0 Å². The molecule has 1 N–H and O–H groups in total. The highest BCUT2D eigenvalue weighted by molar-refractivity contribution is 5.11. The monoisotopic (exact) mass is 259 g/mol. The molecule has 0 radical (unpaired) electrons. The van der Waals surface area contributed by atoms with E-state index >= 15 is 0 Å². The minimum atomic E-state index is 0.690. The van der Waals surface area contributed by atoms with Crippen LogP contribution < -0.4 is 5.32 Å². The largest absolute Gasteiger partial charge is 0.308 e. The molecule has 1 atom stereocenters. The average molecular weight is 259 g/mol. The molecule has 0 bridgehead atoms. The van der Waals surface area contributed by atoms with Gasteiger partial charge in [-0.1, -0.05) is 6.07 Å². The highest BCUT2D eigenvalue weighted by Crippen LogP contribution is 2.34. The molecule has 0 aromatic carbocycles. The Balaban J connectivity index is 1.55. The first kappa shape index (κ1) is 13.1. The van der Waals surface area contributed by atoms with Crippen LogP contribution in [0.15, 0.2) is 18.2 Å². The third-order valence-corrected chi connectivity index (χ3v) is 4.42. The second kappa shape index (κ2) is 5.59. The molecule has 2 saturated carbocycles. The van der Waals surface area contributed by atoms with E-state index in [-0.39, 0.29) is 0 Å². The predicted molar refractivity (Wildman–Crippen MR) is 77.8 cm³/mol. The van der Waals surface area contributed by atoms with Crippen LogP contribution in [-0.4, -0.2) is 29.0 Å². The molecule has 1 aromatic rings. The van der Waals surface area contributed by atoms with Gasteiger partial charge >= 0.3 is 0 Å². The van der Waals surface area contributed by atoms with Gasteiger partial charge in [-0.3, -0.25) is 9.88 Å². The molecular formula is C16H25N3. The highest BCUT2D eigenvalue weighted by atomic mass is 15.1. The first-order valence-corrected chi connectivity index (χ1v) is 7.61. The molecule has 0 aliphatic heterocycles. The summed E-state index contributed by atoms with van der Waals surface area (Å²) >= 11 is 0. The van der Waals surface area contributed by atoms with Gasteiger partial charge in [0.25, 0.3) is 0 Å². The minimum absolute atomic E-state index is 0.690. The molecule has 0 spiro atoms. The maximum Gasteiger partial charge on any atom is 0.0547 e. The number of aromatic nitrogens is 1. The summed E-state index contributed by atoms with van der Waals surface area (Å²) in [5, 5.41) is 3.53. The summed E-state index contributed by atoms with van der Waals surface area (Å²) in [7, 11) is 2.22. The Morgan fingerprint density at radius 2 is 2.00 bits per heavy atom. The van der Waals surface area contributed by atoms with Crippen molar-refractivity contribution in [2.45, 2.75) is 57.8 Å². The zero-order chi connectivity index (χ0) is 13.2. The Morgan fingerprint density at radius 1 is 1.26 bits per heavy atom. The van der Waals surface area contributed by atoms with Crippen LogP contribution in [0.4, 0.5) is 0 Å². The fraction of sp³-hybridized carbons (Fsp3) is 0.688. The molecule has 1 aromatic heterocycles. The van der Waals surface area contributed by atoms with E-state index in [0.717, 1.165) is 25.0 Å². The standard InChI is InChI=1S/C16H25N3/c1-12(13-6-7-13)19(2)11-16-5-3-4-15(18-16)10-17-14-8-9-14/h3-5,12-14,17H,6-11H2,1-2H3. The maximum absolute atomic E-state index is 4.77. The summed E-state index contributed by atoms with van der Waals surface area (Å²) in [5.41, 5.74) is 2.38. The van der Waals surface area contributed by atoms with Gasteiger partial charge in [0.1, 0.15) is 0 Å². The molecule has 1 heterocycles. The van der Waals surface area contributed by atoms with Gasteiger partial charge in [0.05, 0.1) is 11.4 Å². The van der Waals surface area contributed by atoms with E-state index in [2.05, 4.69) is 42.4 Å². The molecule has 3 nitrogen and oxygen atoms in total. The third-order valence-electron chi connectivity index (χ3n) is 4.42. The normalized spacial score (nSPS) is 20.8. The van der Waals surface area contributed by atoms with Crippen molar-refractivity contribution in [1.29, 1.82) is 0 Å². The molecule has 2 aliphatic carbocycles. The fourth-order valence-corrected chi connectivity index (χ4v) is 2.59. The van der Waals surface area contributed by atoms with E-state index < -0.39 is 0 Å². The van der Waals surface area contributed by atoms with Crippen LogP contribution in [-0.2, 0) is 13.1 Å². The van der Waals surface area contributed by atoms with Crippen molar-refractivity contribution >= 4 is 0 Å². The molecule has 0 amide bonds. The van der Waals surface area contributed by atoms with E-state index in [1.807, 2.05) is 0 Å². The topological polar surface area (TPSA) is 28.2 Å². The predicted octanol–water partition coefficient (Wildman–Crippen LogP) is 2.56. The molecule has 3 rings (SSSR count). The first-order valence-electron chi connectivity index (χ1n) is 7.61. The van der Waals surface area contributed by atoms with Crippen LogP contribution in [0.3, 0.4) is 0 Å². The van der Waals surface area contributed by atoms with Crippen molar-refractivity contribution in [3.8, 4) is 0 Å². The molecule has 19 heavy (non-hydrogen) atoms. The minimum Gasteiger partial charge on any atom is -0.308 e. The van der Waals surface area contributed by atoms with E-state index in [4.69, 9.17) is 4.98 Å². The Bertz CT molecular complexity index is 424. The van der Waals surface area contributed by atoms with Crippen LogP contribution in [0.25, 0.3) is 0 Å². The Morgan fingerprint density at radius 3 is 2.68 bits per heavy atom. The van der Waals surface area contributed by atoms with Crippen molar-refractivity contribution in [1.82, 2.24) is 15.2 Å². The maximum atomic E-state index is 4.77. The van der Waals surface area contributed by atoms with Gasteiger partial charge in [0, 0.05) is 25.2 Å². The van der Waals surface area contributed by atoms with E-state index in [1.54, 1.807) is 0 Å². The zero-order valence-corrected chi connectivity index (χ0v) is 12.1. The van der Waals surface area contributed by atoms with Gasteiger partial charge in [-0.25, -0.2) is 0 Å². The van der Waals surface area contributed by atoms with E-state index in [0.29, 0.717) is 6.04 Å². The van der Waals surface area contributed by atoms with Crippen molar-refractivity contribution in [2.75, 3.05) is 7.05 Å². The van der Waals surface area contributed by atoms with Crippen molar-refractivity contribution < 1.29 is 0 Å². The van der Waals surface area contributed by atoms with Gasteiger partial charge in [-0.2, -0.15) is 0 Å². The molecule has 1 unspecified atom stereocenters. The molecule has 3 heteroatoms. The van der Waals surface area contributed by atoms with Crippen molar-refractivity contribution in [3.05, 3.63) is 29.6 Å². The summed E-state index contributed by atoms with van der Waals surface area (Å²) < 4.78 is 0. The lowest BCUT2D eigenvalue weighted by molar-refractivity contribution is 0.224. The van der Waals surface area contributed by atoms with Gasteiger partial charge in [0.15, 0.2) is 0 Å². The van der Waals surface area contributed by atoms with Crippen LogP contribution >= 0.6 is 0 Å². The quantitative estimate of drug-likeness (QED) is 0.815. The third kappa shape index (κ3) is 3.77. The number of nitrogens with one attached hydrogen (secondary N) is 1. The lowest BCUT2D eigenvalue weighted by atomic mass is 10.2. The summed E-state index contributed by atoms with van der Waals surface area (Å²) in [6.45, 7) is 4.23. The Hall–Kier alpha value is -0.930. The summed E-state index contributed by atoms with van der Waals surface area (Å²) in [4.78, 5) is 7.21. The van der Waals surface area contributed by atoms with Gasteiger partial charge in [0.2, 0.25) is 0 Å². The zero-order valence-electron chi connectivity index (χ0n) is 12.1.